The number of rotatable bonds is 13. The molecule has 3 aromatic rings. The van der Waals surface area contributed by atoms with Crippen LogP contribution in [-0.2, 0) is 39.8 Å². The molecule has 0 saturated carbocycles. The zero-order chi connectivity index (χ0) is 48.8. The minimum absolute atomic E-state index is 0.0351. The van der Waals surface area contributed by atoms with Gasteiger partial charge in [-0.1, -0.05) is 74.4 Å². The van der Waals surface area contributed by atoms with E-state index < -0.39 is 64.6 Å². The van der Waals surface area contributed by atoms with E-state index in [1.807, 2.05) is 51.1 Å². The van der Waals surface area contributed by atoms with Crippen LogP contribution in [0.5, 0.6) is 5.75 Å². The number of fused-ring (bicyclic) bond motifs is 5. The third-order valence-electron chi connectivity index (χ3n) is 12.2. The van der Waals surface area contributed by atoms with Crippen LogP contribution in [0, 0.1) is 22.0 Å². The summed E-state index contributed by atoms with van der Waals surface area (Å²) in [6, 6.07) is 14.1. The van der Waals surface area contributed by atoms with Crippen molar-refractivity contribution in [1.29, 1.82) is 0 Å². The summed E-state index contributed by atoms with van der Waals surface area (Å²) in [6.45, 7) is 10.9. The average molecular weight is 962 g/mol. The monoisotopic (exact) mass is 961 g/mol. The maximum absolute atomic E-state index is 14.6. The number of epoxide rings is 1. The molecule has 3 amide bonds. The van der Waals surface area contributed by atoms with Crippen LogP contribution < -0.4 is 20.3 Å². The van der Waals surface area contributed by atoms with Gasteiger partial charge in [-0.15, -0.1) is 0 Å². The molecule has 17 nitrogen and oxygen atoms in total. The van der Waals surface area contributed by atoms with E-state index in [9.17, 15) is 34.4 Å². The second-order valence-corrected chi connectivity index (χ2v) is 20.4. The van der Waals surface area contributed by atoms with Crippen LogP contribution in [0.4, 0.5) is 21.9 Å². The number of aliphatic hydroxyl groups is 1. The molecule has 0 aliphatic carbocycles. The lowest BCUT2D eigenvalue weighted by atomic mass is 9.83. The Balaban J connectivity index is 1.28. The van der Waals surface area contributed by atoms with Crippen molar-refractivity contribution in [1.82, 2.24) is 10.3 Å². The molecule has 2 aromatic carbocycles. The van der Waals surface area contributed by atoms with E-state index >= 15 is 0 Å². The quantitative estimate of drug-likeness (QED) is 0.0483. The number of nitrogens with zero attached hydrogens (tertiary/aromatic N) is 3. The maximum atomic E-state index is 14.6. The van der Waals surface area contributed by atoms with Gasteiger partial charge in [-0.25, -0.2) is 9.78 Å². The number of carbonyl (C=O) groups is 4. The van der Waals surface area contributed by atoms with Crippen LogP contribution in [0.2, 0.25) is 0 Å². The largest absolute Gasteiger partial charge is 0.496 e. The van der Waals surface area contributed by atoms with Crippen molar-refractivity contribution in [3.8, 4) is 16.9 Å². The molecule has 1 aromatic heterocycles. The second-order valence-electron chi connectivity index (χ2n) is 17.7. The number of benzene rings is 2. The molecule has 0 spiro atoms. The number of anilines is 2. The highest BCUT2D eigenvalue weighted by Gasteiger charge is 2.64. The van der Waals surface area contributed by atoms with Gasteiger partial charge in [-0.2, -0.15) is 0 Å². The molecule has 1 unspecified atom stereocenters. The summed E-state index contributed by atoms with van der Waals surface area (Å²) in [5, 5.41) is 29.0. The molecule has 3 N–H and O–H groups in total. The fourth-order valence-electron chi connectivity index (χ4n) is 8.21. The number of pyridine rings is 1. The predicted octanol–water partition coefficient (Wildman–Crippen LogP) is 8.19. The Morgan fingerprint density at radius 3 is 2.51 bits per heavy atom. The number of alkyl carbamates (subject to hydrolysis) is 1. The number of allylic oxidation sites excluding steroid dienone is 3. The Kier molecular flexibility index (Phi) is 16.5. The first-order valence-electron chi connectivity index (χ1n) is 22.0. The van der Waals surface area contributed by atoms with Crippen LogP contribution in [0.3, 0.4) is 0 Å². The highest BCUT2D eigenvalue weighted by Crippen LogP contribution is 2.49. The number of esters is 1. The smallest absolute Gasteiger partial charge is 0.409 e. The molecule has 3 aliphatic rings. The van der Waals surface area contributed by atoms with Gasteiger partial charge in [0.25, 0.3) is 5.69 Å². The molecule has 2 saturated heterocycles. The molecular formula is C48H59N5O12S2. The van der Waals surface area contributed by atoms with Gasteiger partial charge in [0.15, 0.2) is 5.72 Å². The first-order chi connectivity index (χ1) is 31.7. The van der Waals surface area contributed by atoms with E-state index in [1.165, 1.54) is 45.9 Å². The van der Waals surface area contributed by atoms with Gasteiger partial charge < -0.3 is 39.0 Å². The SMILES string of the molecule is COc1cc2cc(c1-c1ccc(NC(=O)CCC(C)SSc3ccc([N+](=O)[O-])cn3)cc1)N(C)C(=O)C[C@H](OC(=O)C(C)C)[C@]1(C)O[C@H]1[C@H](C)[C@@H]1C[C@@](O)(NC(=O)O1)[C@H](OC)/C=C/C=C(\C)C2. The lowest BCUT2D eigenvalue weighted by molar-refractivity contribution is -0.385. The fourth-order valence-corrected chi connectivity index (χ4v) is 10.3. The Morgan fingerprint density at radius 2 is 1.87 bits per heavy atom. The van der Waals surface area contributed by atoms with Crippen LogP contribution in [0.25, 0.3) is 11.1 Å². The normalized spacial score (nSPS) is 27.1. The van der Waals surface area contributed by atoms with Gasteiger partial charge in [-0.05, 0) is 78.9 Å². The van der Waals surface area contributed by atoms with E-state index in [4.69, 9.17) is 23.7 Å². The van der Waals surface area contributed by atoms with Crippen molar-refractivity contribution >= 4 is 62.5 Å². The van der Waals surface area contributed by atoms with E-state index in [2.05, 4.69) is 15.6 Å². The molecule has 19 heteroatoms. The number of hydrogen-bond acceptors (Lipinski definition) is 15. The Bertz CT molecular complexity index is 2380. The lowest BCUT2D eigenvalue weighted by Crippen LogP contribution is -2.63. The summed E-state index contributed by atoms with van der Waals surface area (Å²) in [5.41, 5.74) is 1.13. The van der Waals surface area contributed by atoms with Crippen LogP contribution in [0.15, 0.2) is 83.6 Å². The molecule has 8 atom stereocenters. The number of amides is 3. The molecule has 6 rings (SSSR count). The summed E-state index contributed by atoms with van der Waals surface area (Å²) >= 11 is 0. The molecule has 3 aliphatic heterocycles. The number of aromatic nitrogens is 1. The summed E-state index contributed by atoms with van der Waals surface area (Å²) in [5.74, 6) is -1.56. The third kappa shape index (κ3) is 12.4. The lowest BCUT2D eigenvalue weighted by Gasteiger charge is -2.42. The zero-order valence-electron chi connectivity index (χ0n) is 39.1. The molecular weight excluding hydrogens is 903 g/mol. The second kappa shape index (κ2) is 21.7. The minimum atomic E-state index is -1.82. The minimum Gasteiger partial charge on any atom is -0.496 e. The van der Waals surface area contributed by atoms with Crippen molar-refractivity contribution in [3.05, 3.63) is 94.2 Å². The molecule has 4 heterocycles. The predicted molar refractivity (Wildman–Crippen MR) is 256 cm³/mol. The standard InChI is InChI=1S/C48H59N5O12S2/c1-27(2)45(56)64-39-24-42(55)52(7)35-22-31(21-28(3)11-10-12-38(62-9)48(58)25-37(63-46(57)51-48)30(5)44-47(39,6)65-44)23-36(61-8)43(35)32-14-16-33(17-15-32)50-40(54)19-13-29(4)66-67-41-20-18-34(26-49-41)53(59)60/h10-12,14-18,20,22-23,26-27,29-30,37-39,44,58H,13,19,21,24-25H2,1-9H3,(H,50,54)(H,51,57)/b12-10+,28-11+/t29?,30-,37+,38-,39+,44+,47+,48+/m1/s1. The summed E-state index contributed by atoms with van der Waals surface area (Å²) < 4.78 is 29.8. The van der Waals surface area contributed by atoms with E-state index in [0.717, 1.165) is 11.1 Å². The van der Waals surface area contributed by atoms with Crippen LogP contribution >= 0.6 is 21.6 Å². The zero-order valence-corrected chi connectivity index (χ0v) is 40.7. The maximum Gasteiger partial charge on any atom is 0.409 e. The number of nitrogens with one attached hydrogen (secondary N) is 2. The molecule has 2 fully saturated rings. The first kappa shape index (κ1) is 50.9. The Hall–Kier alpha value is -5.47. The van der Waals surface area contributed by atoms with Crippen LogP contribution in [-0.4, -0.2) is 101 Å². The number of nitro groups is 1. The first-order valence-corrected chi connectivity index (χ1v) is 24.2. The van der Waals surface area contributed by atoms with E-state index in [0.29, 0.717) is 46.1 Å². The van der Waals surface area contributed by atoms with Gasteiger partial charge in [-0.3, -0.25) is 29.8 Å². The fraction of sp³-hybridized carbons (Fsp3) is 0.479. The molecule has 0 radical (unpaired) electrons. The molecule has 67 heavy (non-hydrogen) atoms. The van der Waals surface area contributed by atoms with Gasteiger partial charge in [0, 0.05) is 55.5 Å². The molecule has 360 valence electrons. The van der Waals surface area contributed by atoms with Crippen molar-refractivity contribution in [2.24, 2.45) is 11.8 Å². The van der Waals surface area contributed by atoms with Crippen molar-refractivity contribution in [2.45, 2.75) is 120 Å². The van der Waals surface area contributed by atoms with Crippen molar-refractivity contribution in [2.75, 3.05) is 31.5 Å². The number of carbonyl (C=O) groups excluding carboxylic acids is 4. The third-order valence-corrected chi connectivity index (χ3v) is 15.1. The average Bonchev–Trinajstić information content (AvgIpc) is 3.99. The van der Waals surface area contributed by atoms with E-state index in [1.54, 1.807) is 65.3 Å². The van der Waals surface area contributed by atoms with Crippen molar-refractivity contribution in [3.63, 3.8) is 0 Å². The topological polar surface area (TPSA) is 221 Å². The van der Waals surface area contributed by atoms with E-state index in [-0.39, 0.29) is 42.0 Å². The number of ether oxygens (including phenoxy) is 5. The Morgan fingerprint density at radius 1 is 1.13 bits per heavy atom. The highest BCUT2D eigenvalue weighted by atomic mass is 33.1. The number of hydrogen-bond donors (Lipinski definition) is 3. The summed E-state index contributed by atoms with van der Waals surface area (Å²) in [6.07, 6.45) is 3.28. The molecule has 4 bridgehead atoms. The summed E-state index contributed by atoms with van der Waals surface area (Å²) in [7, 11) is 7.58. The van der Waals surface area contributed by atoms with Gasteiger partial charge in [0.05, 0.1) is 36.2 Å². The summed E-state index contributed by atoms with van der Waals surface area (Å²) in [4.78, 5) is 69.9. The van der Waals surface area contributed by atoms with Gasteiger partial charge in [0.1, 0.15) is 40.9 Å². The highest BCUT2D eigenvalue weighted by molar-refractivity contribution is 8.76. The van der Waals surface area contributed by atoms with Crippen LogP contribution in [0.1, 0.15) is 72.8 Å². The van der Waals surface area contributed by atoms with Gasteiger partial charge in [0.2, 0.25) is 11.8 Å². The van der Waals surface area contributed by atoms with Crippen molar-refractivity contribution < 1.29 is 52.9 Å². The van der Waals surface area contributed by atoms with Gasteiger partial charge >= 0.3 is 12.1 Å². The Labute approximate surface area is 398 Å². The number of methoxy groups -OCH3 is 2.